The molecule has 0 unspecified atom stereocenters. The lowest BCUT2D eigenvalue weighted by Gasteiger charge is -2.26. The summed E-state index contributed by atoms with van der Waals surface area (Å²) >= 11 is 1.44. The van der Waals surface area contributed by atoms with E-state index in [1.807, 2.05) is 29.6 Å². The predicted octanol–water partition coefficient (Wildman–Crippen LogP) is 3.07. The van der Waals surface area contributed by atoms with Gasteiger partial charge in [-0.15, -0.1) is 11.3 Å². The van der Waals surface area contributed by atoms with Crippen molar-refractivity contribution in [1.29, 1.82) is 0 Å². The van der Waals surface area contributed by atoms with Crippen LogP contribution in [0.2, 0.25) is 0 Å². The highest BCUT2D eigenvalue weighted by Crippen LogP contribution is 2.21. The molecule has 1 saturated heterocycles. The van der Waals surface area contributed by atoms with Crippen LogP contribution >= 0.6 is 11.3 Å². The Kier molecular flexibility index (Phi) is 3.99. The SMILES string of the molecule is O=C(/C=C\c1ccc(N2CCOCC2)o1)c1cccs1. The summed E-state index contributed by atoms with van der Waals surface area (Å²) in [5, 5.41) is 1.89. The molecule has 20 heavy (non-hydrogen) atoms. The molecule has 3 heterocycles. The standard InChI is InChI=1S/C15H15NO3S/c17-13(14-2-1-11-20-14)5-3-12-4-6-15(19-12)16-7-9-18-10-8-16/h1-6,11H,7-10H2/b5-3-. The monoisotopic (exact) mass is 289 g/mol. The van der Waals surface area contributed by atoms with Gasteiger partial charge in [0.1, 0.15) is 5.76 Å². The van der Waals surface area contributed by atoms with Gasteiger partial charge in [-0.25, -0.2) is 0 Å². The fourth-order valence-electron chi connectivity index (χ4n) is 2.04. The molecule has 104 valence electrons. The fraction of sp³-hybridized carbons (Fsp3) is 0.267. The molecule has 1 aliphatic rings. The summed E-state index contributed by atoms with van der Waals surface area (Å²) in [6, 6.07) is 7.50. The van der Waals surface area contributed by atoms with Crippen molar-refractivity contribution in [3.8, 4) is 0 Å². The number of thiophene rings is 1. The van der Waals surface area contributed by atoms with Crippen molar-refractivity contribution in [2.45, 2.75) is 0 Å². The maximum Gasteiger partial charge on any atom is 0.196 e. The normalized spacial score (nSPS) is 15.9. The first-order valence-electron chi connectivity index (χ1n) is 6.51. The van der Waals surface area contributed by atoms with Crippen LogP contribution in [0.4, 0.5) is 5.88 Å². The number of anilines is 1. The lowest BCUT2D eigenvalue weighted by molar-refractivity contribution is 0.105. The van der Waals surface area contributed by atoms with E-state index >= 15 is 0 Å². The summed E-state index contributed by atoms with van der Waals surface area (Å²) in [4.78, 5) is 14.7. The molecule has 0 radical (unpaired) electrons. The van der Waals surface area contributed by atoms with E-state index in [1.54, 1.807) is 12.2 Å². The number of ether oxygens (including phenoxy) is 1. The van der Waals surface area contributed by atoms with Gasteiger partial charge in [0.25, 0.3) is 0 Å². The van der Waals surface area contributed by atoms with Gasteiger partial charge in [-0.05, 0) is 29.7 Å². The van der Waals surface area contributed by atoms with E-state index in [4.69, 9.17) is 9.15 Å². The van der Waals surface area contributed by atoms with E-state index < -0.39 is 0 Å². The zero-order valence-corrected chi connectivity index (χ0v) is 11.8. The van der Waals surface area contributed by atoms with Crippen molar-refractivity contribution in [3.63, 3.8) is 0 Å². The Hall–Kier alpha value is -1.85. The molecule has 0 atom stereocenters. The smallest absolute Gasteiger partial charge is 0.196 e. The third-order valence-electron chi connectivity index (χ3n) is 3.10. The van der Waals surface area contributed by atoms with E-state index in [0.29, 0.717) is 5.76 Å². The van der Waals surface area contributed by atoms with Crippen LogP contribution in [0.1, 0.15) is 15.4 Å². The molecule has 0 spiro atoms. The summed E-state index contributed by atoms with van der Waals surface area (Å²) in [5.41, 5.74) is 0. The molecule has 2 aromatic heterocycles. The van der Waals surface area contributed by atoms with Crippen LogP contribution in [0.5, 0.6) is 0 Å². The number of carbonyl (C=O) groups excluding carboxylic acids is 1. The molecule has 0 amide bonds. The highest BCUT2D eigenvalue weighted by Gasteiger charge is 2.14. The van der Waals surface area contributed by atoms with Gasteiger partial charge in [0.05, 0.1) is 18.1 Å². The van der Waals surface area contributed by atoms with Crippen molar-refractivity contribution in [3.05, 3.63) is 46.4 Å². The van der Waals surface area contributed by atoms with Gasteiger partial charge >= 0.3 is 0 Å². The maximum absolute atomic E-state index is 11.8. The third kappa shape index (κ3) is 3.00. The van der Waals surface area contributed by atoms with Gasteiger partial charge in [-0.2, -0.15) is 0 Å². The van der Waals surface area contributed by atoms with Crippen molar-refractivity contribution < 1.29 is 13.9 Å². The molecule has 0 N–H and O–H groups in total. The minimum Gasteiger partial charge on any atom is -0.441 e. The molecule has 5 heteroatoms. The van der Waals surface area contributed by atoms with E-state index in [0.717, 1.165) is 37.1 Å². The van der Waals surface area contributed by atoms with Crippen LogP contribution in [-0.4, -0.2) is 32.1 Å². The molecular weight excluding hydrogens is 274 g/mol. The fourth-order valence-corrected chi connectivity index (χ4v) is 2.69. The number of allylic oxidation sites excluding steroid dienone is 1. The Balaban J connectivity index is 1.66. The molecule has 0 saturated carbocycles. The number of morpholine rings is 1. The predicted molar refractivity (Wildman–Crippen MR) is 79.4 cm³/mol. The van der Waals surface area contributed by atoms with Gasteiger partial charge in [0.2, 0.25) is 0 Å². The molecule has 4 nitrogen and oxygen atoms in total. The van der Waals surface area contributed by atoms with Crippen molar-refractivity contribution in [2.75, 3.05) is 31.2 Å². The van der Waals surface area contributed by atoms with Gasteiger partial charge in [0.15, 0.2) is 11.7 Å². The minimum atomic E-state index is 0.00400. The number of ketones is 1. The van der Waals surface area contributed by atoms with Gasteiger partial charge in [-0.3, -0.25) is 4.79 Å². The first-order chi connectivity index (χ1) is 9.83. The zero-order chi connectivity index (χ0) is 13.8. The quantitative estimate of drug-likeness (QED) is 0.641. The molecular formula is C15H15NO3S. The van der Waals surface area contributed by atoms with Crippen LogP contribution in [-0.2, 0) is 4.74 Å². The molecule has 1 fully saturated rings. The van der Waals surface area contributed by atoms with Crippen LogP contribution in [0.3, 0.4) is 0 Å². The van der Waals surface area contributed by atoms with Crippen LogP contribution in [0.25, 0.3) is 6.08 Å². The molecule has 0 aliphatic carbocycles. The zero-order valence-electron chi connectivity index (χ0n) is 11.0. The van der Waals surface area contributed by atoms with E-state index in [1.165, 1.54) is 11.3 Å². The van der Waals surface area contributed by atoms with Gasteiger partial charge in [0, 0.05) is 19.2 Å². The van der Waals surface area contributed by atoms with Crippen molar-refractivity contribution in [2.24, 2.45) is 0 Å². The van der Waals surface area contributed by atoms with Crippen LogP contribution in [0.15, 0.2) is 40.1 Å². The van der Waals surface area contributed by atoms with Gasteiger partial charge < -0.3 is 14.1 Å². The summed E-state index contributed by atoms with van der Waals surface area (Å²) in [6.45, 7) is 3.13. The highest BCUT2D eigenvalue weighted by atomic mass is 32.1. The Morgan fingerprint density at radius 3 is 2.85 bits per heavy atom. The Bertz CT molecular complexity index is 594. The lowest BCUT2D eigenvalue weighted by atomic mass is 10.3. The molecule has 0 aromatic carbocycles. The minimum absolute atomic E-state index is 0.00400. The van der Waals surface area contributed by atoms with E-state index in [9.17, 15) is 4.79 Å². The first-order valence-corrected chi connectivity index (χ1v) is 7.39. The van der Waals surface area contributed by atoms with Crippen molar-refractivity contribution >= 4 is 29.1 Å². The topological polar surface area (TPSA) is 42.7 Å². The Morgan fingerprint density at radius 2 is 2.10 bits per heavy atom. The van der Waals surface area contributed by atoms with Gasteiger partial charge in [-0.1, -0.05) is 6.07 Å². The number of carbonyl (C=O) groups is 1. The second-order valence-corrected chi connectivity index (χ2v) is 5.40. The van der Waals surface area contributed by atoms with Crippen molar-refractivity contribution in [1.82, 2.24) is 0 Å². The second kappa shape index (κ2) is 6.07. The number of hydrogen-bond acceptors (Lipinski definition) is 5. The van der Waals surface area contributed by atoms with E-state index in [2.05, 4.69) is 4.90 Å². The average molecular weight is 289 g/mol. The Labute approximate surface area is 121 Å². The third-order valence-corrected chi connectivity index (χ3v) is 3.98. The first kappa shape index (κ1) is 13.1. The van der Waals surface area contributed by atoms with Crippen LogP contribution < -0.4 is 4.90 Å². The highest BCUT2D eigenvalue weighted by molar-refractivity contribution is 7.12. The number of furan rings is 1. The summed E-state index contributed by atoms with van der Waals surface area (Å²) < 4.78 is 11.0. The summed E-state index contributed by atoms with van der Waals surface area (Å²) in [6.07, 6.45) is 3.26. The maximum atomic E-state index is 11.8. The molecule has 1 aliphatic heterocycles. The molecule has 3 rings (SSSR count). The number of rotatable bonds is 4. The largest absolute Gasteiger partial charge is 0.441 e. The van der Waals surface area contributed by atoms with Crippen LogP contribution in [0, 0.1) is 0 Å². The summed E-state index contributed by atoms with van der Waals surface area (Å²) in [7, 11) is 0. The Morgan fingerprint density at radius 1 is 1.25 bits per heavy atom. The second-order valence-electron chi connectivity index (χ2n) is 4.45. The lowest BCUT2D eigenvalue weighted by Crippen LogP contribution is -2.35. The number of nitrogens with zero attached hydrogens (tertiary/aromatic N) is 1. The number of hydrogen-bond donors (Lipinski definition) is 0. The molecule has 2 aromatic rings. The summed E-state index contributed by atoms with van der Waals surface area (Å²) in [5.74, 6) is 1.53. The van der Waals surface area contributed by atoms with E-state index in [-0.39, 0.29) is 5.78 Å². The molecule has 0 bridgehead atoms. The average Bonchev–Trinajstić information content (AvgIpc) is 3.17.